The van der Waals surface area contributed by atoms with Crippen molar-refractivity contribution in [1.82, 2.24) is 9.97 Å². The molecule has 3 N–H and O–H groups in total. The normalized spacial score (nSPS) is 11.1. The number of hydrogen-bond donors (Lipinski definition) is 2. The number of nitrogens with two attached hydrogens (primary N) is 1. The fourth-order valence-corrected chi connectivity index (χ4v) is 2.97. The van der Waals surface area contributed by atoms with Gasteiger partial charge in [-0.2, -0.15) is 0 Å². The number of anilines is 1. The van der Waals surface area contributed by atoms with Crippen LogP contribution in [0.2, 0.25) is 0 Å². The number of aryl methyl sites for hydroxylation is 1. The lowest BCUT2D eigenvalue weighted by molar-refractivity contribution is 0.633. The van der Waals surface area contributed by atoms with E-state index in [2.05, 4.69) is 35.1 Å². The summed E-state index contributed by atoms with van der Waals surface area (Å²) in [4.78, 5) is 7.52. The molecule has 118 valence electrons. The van der Waals surface area contributed by atoms with Crippen molar-refractivity contribution in [3.05, 3.63) is 72.3 Å². The van der Waals surface area contributed by atoms with Crippen molar-refractivity contribution < 1.29 is 4.39 Å². The number of rotatable bonds is 2. The van der Waals surface area contributed by atoms with Gasteiger partial charge in [0, 0.05) is 22.8 Å². The zero-order valence-electron chi connectivity index (χ0n) is 13.2. The van der Waals surface area contributed by atoms with Gasteiger partial charge in [-0.15, -0.1) is 0 Å². The van der Waals surface area contributed by atoms with Gasteiger partial charge < -0.3 is 10.7 Å². The number of aromatic nitrogens is 2. The minimum Gasteiger partial charge on any atom is -0.396 e. The van der Waals surface area contributed by atoms with Crippen LogP contribution in [0.3, 0.4) is 0 Å². The van der Waals surface area contributed by atoms with Crippen LogP contribution < -0.4 is 5.73 Å². The summed E-state index contributed by atoms with van der Waals surface area (Å²) in [5.41, 5.74) is 11.8. The Hall–Kier alpha value is -3.14. The highest BCUT2D eigenvalue weighted by atomic mass is 19.1. The second-order valence-electron chi connectivity index (χ2n) is 5.91. The highest BCUT2D eigenvalue weighted by Gasteiger charge is 2.09. The van der Waals surface area contributed by atoms with Crippen molar-refractivity contribution in [3.63, 3.8) is 0 Å². The summed E-state index contributed by atoms with van der Waals surface area (Å²) in [5.74, 6) is -0.391. The highest BCUT2D eigenvalue weighted by molar-refractivity contribution is 5.86. The maximum Gasteiger partial charge on any atom is 0.146 e. The molecule has 24 heavy (non-hydrogen) atoms. The highest BCUT2D eigenvalue weighted by Crippen LogP contribution is 2.30. The van der Waals surface area contributed by atoms with Crippen molar-refractivity contribution in [2.24, 2.45) is 0 Å². The Balaban J connectivity index is 1.77. The number of benzene rings is 2. The molecule has 3 nitrogen and oxygen atoms in total. The molecule has 0 fully saturated rings. The van der Waals surface area contributed by atoms with Crippen LogP contribution in [0.25, 0.3) is 33.3 Å². The Labute approximate surface area is 139 Å². The first-order chi connectivity index (χ1) is 11.6. The molecule has 0 unspecified atom stereocenters. The molecule has 4 aromatic rings. The summed E-state index contributed by atoms with van der Waals surface area (Å²) in [6.07, 6.45) is 3.60. The van der Waals surface area contributed by atoms with Gasteiger partial charge in [-0.1, -0.05) is 24.3 Å². The molecule has 0 saturated carbocycles. The number of fused-ring (bicyclic) bond motifs is 1. The van der Waals surface area contributed by atoms with Crippen LogP contribution in [0.4, 0.5) is 10.1 Å². The first-order valence-electron chi connectivity index (χ1n) is 7.71. The standard InChI is InChI=1S/C20H16FN3/c1-12-8-13(14-3-5-18(22)17(21)9-14)2-4-16(12)19-10-15-6-7-23-11-20(15)24-19/h2-11,24H,22H2,1H3. The van der Waals surface area contributed by atoms with Gasteiger partial charge in [0.1, 0.15) is 5.82 Å². The molecule has 0 aliphatic heterocycles. The zero-order valence-corrected chi connectivity index (χ0v) is 13.2. The van der Waals surface area contributed by atoms with Crippen LogP contribution in [0.15, 0.2) is 60.9 Å². The average molecular weight is 317 g/mol. The van der Waals surface area contributed by atoms with E-state index in [1.165, 1.54) is 6.07 Å². The Morgan fingerprint density at radius 2 is 1.79 bits per heavy atom. The van der Waals surface area contributed by atoms with Gasteiger partial charge in [-0.25, -0.2) is 4.39 Å². The second kappa shape index (κ2) is 5.49. The van der Waals surface area contributed by atoms with Crippen molar-refractivity contribution >= 4 is 16.6 Å². The predicted molar refractivity (Wildman–Crippen MR) is 96.1 cm³/mol. The molecule has 0 spiro atoms. The monoisotopic (exact) mass is 317 g/mol. The van der Waals surface area contributed by atoms with E-state index in [0.29, 0.717) is 0 Å². The van der Waals surface area contributed by atoms with Gasteiger partial charge in [0.25, 0.3) is 0 Å². The lowest BCUT2D eigenvalue weighted by Crippen LogP contribution is -1.91. The van der Waals surface area contributed by atoms with Crippen LogP contribution in [0.1, 0.15) is 5.56 Å². The molecule has 0 saturated heterocycles. The molecule has 4 rings (SSSR count). The third kappa shape index (κ3) is 2.42. The molecule has 2 aromatic carbocycles. The fraction of sp³-hybridized carbons (Fsp3) is 0.0500. The summed E-state index contributed by atoms with van der Waals surface area (Å²) in [6, 6.07) is 15.1. The van der Waals surface area contributed by atoms with Crippen LogP contribution >= 0.6 is 0 Å². The van der Waals surface area contributed by atoms with Crippen LogP contribution in [-0.4, -0.2) is 9.97 Å². The summed E-state index contributed by atoms with van der Waals surface area (Å²) in [5, 5.41) is 1.13. The van der Waals surface area contributed by atoms with Crippen molar-refractivity contribution in [2.75, 3.05) is 5.73 Å². The first-order valence-corrected chi connectivity index (χ1v) is 7.71. The Morgan fingerprint density at radius 1 is 1.00 bits per heavy atom. The van der Waals surface area contributed by atoms with Crippen LogP contribution in [-0.2, 0) is 0 Å². The Bertz CT molecular complexity index is 1020. The lowest BCUT2D eigenvalue weighted by atomic mass is 9.98. The van der Waals surface area contributed by atoms with E-state index in [9.17, 15) is 4.39 Å². The van der Waals surface area contributed by atoms with Gasteiger partial charge in [-0.05, 0) is 47.9 Å². The molecule has 0 aliphatic rings. The topological polar surface area (TPSA) is 54.7 Å². The van der Waals surface area contributed by atoms with E-state index in [0.717, 1.165) is 38.9 Å². The van der Waals surface area contributed by atoms with E-state index in [4.69, 9.17) is 5.73 Å². The van der Waals surface area contributed by atoms with Gasteiger partial charge in [0.15, 0.2) is 0 Å². The molecule has 0 atom stereocenters. The van der Waals surface area contributed by atoms with E-state index < -0.39 is 5.82 Å². The smallest absolute Gasteiger partial charge is 0.146 e. The van der Waals surface area contributed by atoms with E-state index >= 15 is 0 Å². The summed E-state index contributed by atoms with van der Waals surface area (Å²) < 4.78 is 13.7. The lowest BCUT2D eigenvalue weighted by Gasteiger charge is -2.08. The molecule has 0 radical (unpaired) electrons. The maximum absolute atomic E-state index is 13.7. The first kappa shape index (κ1) is 14.5. The molecule has 0 bridgehead atoms. The molecular formula is C20H16FN3. The van der Waals surface area contributed by atoms with Crippen molar-refractivity contribution in [2.45, 2.75) is 6.92 Å². The number of nitrogen functional groups attached to an aromatic ring is 1. The minimum absolute atomic E-state index is 0.166. The number of nitrogens with zero attached hydrogens (tertiary/aromatic N) is 1. The Kier molecular flexibility index (Phi) is 3.31. The molecular weight excluding hydrogens is 301 g/mol. The average Bonchev–Trinajstić information content (AvgIpc) is 3.01. The largest absolute Gasteiger partial charge is 0.396 e. The molecule has 2 aromatic heterocycles. The Morgan fingerprint density at radius 3 is 2.54 bits per heavy atom. The van der Waals surface area contributed by atoms with Crippen molar-refractivity contribution in [1.29, 1.82) is 0 Å². The third-order valence-corrected chi connectivity index (χ3v) is 4.27. The molecule has 0 aliphatic carbocycles. The summed E-state index contributed by atoms with van der Waals surface area (Å²) in [7, 11) is 0. The minimum atomic E-state index is -0.391. The predicted octanol–water partition coefficient (Wildman–Crippen LogP) is 4.93. The van der Waals surface area contributed by atoms with Crippen LogP contribution in [0.5, 0.6) is 0 Å². The van der Waals surface area contributed by atoms with Crippen LogP contribution in [0, 0.1) is 12.7 Å². The number of pyridine rings is 1. The number of aromatic amines is 1. The number of halogens is 1. The van der Waals surface area contributed by atoms with Crippen molar-refractivity contribution in [3.8, 4) is 22.4 Å². The number of nitrogens with one attached hydrogen (secondary N) is 1. The number of H-pyrrole nitrogens is 1. The summed E-state index contributed by atoms with van der Waals surface area (Å²) in [6.45, 7) is 2.05. The molecule has 4 heteroatoms. The summed E-state index contributed by atoms with van der Waals surface area (Å²) >= 11 is 0. The van der Waals surface area contributed by atoms with E-state index in [1.54, 1.807) is 12.3 Å². The zero-order chi connectivity index (χ0) is 16.7. The van der Waals surface area contributed by atoms with E-state index in [1.807, 2.05) is 24.4 Å². The van der Waals surface area contributed by atoms with Gasteiger partial charge in [-0.3, -0.25) is 4.98 Å². The van der Waals surface area contributed by atoms with E-state index in [-0.39, 0.29) is 5.69 Å². The van der Waals surface area contributed by atoms with Gasteiger partial charge in [0.05, 0.1) is 17.4 Å². The maximum atomic E-state index is 13.7. The third-order valence-electron chi connectivity index (χ3n) is 4.27. The quantitative estimate of drug-likeness (QED) is 0.515. The second-order valence-corrected chi connectivity index (χ2v) is 5.91. The van der Waals surface area contributed by atoms with Gasteiger partial charge >= 0.3 is 0 Å². The number of hydrogen-bond acceptors (Lipinski definition) is 2. The SMILES string of the molecule is Cc1cc(-c2ccc(N)c(F)c2)ccc1-c1cc2ccncc2[nH]1. The fourth-order valence-electron chi connectivity index (χ4n) is 2.97. The van der Waals surface area contributed by atoms with Gasteiger partial charge in [0.2, 0.25) is 0 Å². The molecule has 2 heterocycles. The molecule has 0 amide bonds.